The Balaban J connectivity index is 1.91. The highest BCUT2D eigenvalue weighted by atomic mass is 35.5. The number of carboxylic acid groups (broad SMARTS) is 1. The highest BCUT2D eigenvalue weighted by molar-refractivity contribution is 7.98. The average molecular weight is 587 g/mol. The van der Waals surface area contributed by atoms with Crippen molar-refractivity contribution in [3.05, 3.63) is 76.3 Å². The summed E-state index contributed by atoms with van der Waals surface area (Å²) >= 11 is 7.11. The van der Waals surface area contributed by atoms with Gasteiger partial charge in [0.2, 0.25) is 0 Å². The van der Waals surface area contributed by atoms with Crippen molar-refractivity contribution in [3.63, 3.8) is 0 Å². The number of hydrogen-bond acceptors (Lipinski definition) is 9. The molecule has 0 saturated carbocycles. The van der Waals surface area contributed by atoms with Gasteiger partial charge in [-0.2, -0.15) is 0 Å². The van der Waals surface area contributed by atoms with Crippen LogP contribution in [0.25, 0.3) is 0 Å². The molecule has 212 valence electrons. The third-order valence-corrected chi connectivity index (χ3v) is 5.96. The standard InChI is InChI=1S/C27H31ClN6O5S/c1-15(2)13-38-23-11-20(34-40-31)9-17(25(23)39-14-24(35)36)12-32-22-8-5-18(28)10-21(22)27(37)33-19-6-3-16(4-7-19)26(29)30/h3-11,15,32,34H,12-14,31H2,1-2H3,(H3,29,30)(H,33,37)(H,35,36). The lowest BCUT2D eigenvalue weighted by Crippen LogP contribution is -2.16. The van der Waals surface area contributed by atoms with Gasteiger partial charge in [0.05, 0.1) is 12.2 Å². The largest absolute Gasteiger partial charge is 0.489 e. The number of nitrogens with two attached hydrogens (primary N) is 2. The van der Waals surface area contributed by atoms with Crippen LogP contribution in [-0.2, 0) is 11.3 Å². The molecule has 13 heteroatoms. The van der Waals surface area contributed by atoms with E-state index in [0.29, 0.717) is 45.6 Å². The summed E-state index contributed by atoms with van der Waals surface area (Å²) in [5, 5.41) is 28.7. The van der Waals surface area contributed by atoms with Gasteiger partial charge in [0.15, 0.2) is 18.1 Å². The van der Waals surface area contributed by atoms with Crippen LogP contribution in [0.4, 0.5) is 17.1 Å². The first kappa shape index (κ1) is 30.4. The van der Waals surface area contributed by atoms with Gasteiger partial charge in [-0.1, -0.05) is 25.4 Å². The first-order chi connectivity index (χ1) is 19.1. The quantitative estimate of drug-likeness (QED) is 0.0776. The summed E-state index contributed by atoms with van der Waals surface area (Å²) in [6.45, 7) is 3.93. The van der Waals surface area contributed by atoms with Crippen molar-refractivity contribution >= 4 is 58.5 Å². The highest BCUT2D eigenvalue weighted by Gasteiger charge is 2.18. The number of halogens is 1. The zero-order valence-electron chi connectivity index (χ0n) is 21.9. The van der Waals surface area contributed by atoms with Gasteiger partial charge >= 0.3 is 5.97 Å². The zero-order valence-corrected chi connectivity index (χ0v) is 23.5. The van der Waals surface area contributed by atoms with Crippen molar-refractivity contribution in [2.45, 2.75) is 20.4 Å². The van der Waals surface area contributed by atoms with Crippen LogP contribution in [0.3, 0.4) is 0 Å². The van der Waals surface area contributed by atoms with E-state index in [0.717, 1.165) is 12.1 Å². The molecule has 0 aliphatic carbocycles. The second-order valence-electron chi connectivity index (χ2n) is 9.06. The number of carboxylic acids is 1. The number of rotatable bonds is 14. The lowest BCUT2D eigenvalue weighted by molar-refractivity contribution is -0.139. The fourth-order valence-electron chi connectivity index (χ4n) is 3.56. The summed E-state index contributed by atoms with van der Waals surface area (Å²) in [5.74, 6) is -0.806. The van der Waals surface area contributed by atoms with Gasteiger partial charge in [-0.15, -0.1) is 0 Å². The van der Waals surface area contributed by atoms with E-state index in [-0.39, 0.29) is 29.6 Å². The Hall–Kier alpha value is -4.13. The molecule has 1 amide bonds. The molecule has 0 spiro atoms. The Kier molecular flexibility index (Phi) is 10.9. The van der Waals surface area contributed by atoms with E-state index in [1.165, 1.54) is 6.07 Å². The zero-order chi connectivity index (χ0) is 29.2. The van der Waals surface area contributed by atoms with Crippen LogP contribution in [0, 0.1) is 11.3 Å². The van der Waals surface area contributed by atoms with E-state index in [1.54, 1.807) is 48.5 Å². The molecule has 0 fully saturated rings. The molecule has 3 aromatic rings. The van der Waals surface area contributed by atoms with Crippen molar-refractivity contribution in [3.8, 4) is 11.5 Å². The lowest BCUT2D eigenvalue weighted by atomic mass is 10.1. The molecular formula is C27H31ClN6O5S. The Bertz CT molecular complexity index is 1370. The number of hydrogen-bond donors (Lipinski definition) is 7. The highest BCUT2D eigenvalue weighted by Crippen LogP contribution is 2.37. The van der Waals surface area contributed by atoms with Gasteiger partial charge < -0.3 is 35.7 Å². The summed E-state index contributed by atoms with van der Waals surface area (Å²) in [6, 6.07) is 14.8. The molecule has 0 atom stereocenters. The maximum absolute atomic E-state index is 13.2. The molecule has 3 rings (SSSR count). The van der Waals surface area contributed by atoms with Crippen LogP contribution in [0.2, 0.25) is 5.02 Å². The van der Waals surface area contributed by atoms with E-state index < -0.39 is 18.5 Å². The molecule has 0 heterocycles. The molecule has 0 bridgehead atoms. The molecule has 0 radical (unpaired) electrons. The van der Waals surface area contributed by atoms with Crippen LogP contribution in [0.15, 0.2) is 54.6 Å². The molecule has 0 aliphatic heterocycles. The number of anilines is 3. The van der Waals surface area contributed by atoms with Crippen LogP contribution >= 0.6 is 23.7 Å². The fraction of sp³-hybridized carbons (Fsp3) is 0.222. The van der Waals surface area contributed by atoms with E-state index >= 15 is 0 Å². The number of nitrogens with one attached hydrogen (secondary N) is 4. The van der Waals surface area contributed by atoms with E-state index in [4.69, 9.17) is 37.4 Å². The predicted molar refractivity (Wildman–Crippen MR) is 159 cm³/mol. The van der Waals surface area contributed by atoms with Crippen LogP contribution in [-0.4, -0.2) is 36.0 Å². The second kappa shape index (κ2) is 14.3. The Morgan fingerprint density at radius 3 is 2.42 bits per heavy atom. The third kappa shape index (κ3) is 8.70. The summed E-state index contributed by atoms with van der Waals surface area (Å²) in [4.78, 5) is 24.5. The van der Waals surface area contributed by atoms with Gasteiger partial charge in [-0.3, -0.25) is 15.3 Å². The number of amides is 1. The minimum absolute atomic E-state index is 0.0759. The monoisotopic (exact) mass is 586 g/mol. The minimum Gasteiger partial charge on any atom is -0.489 e. The average Bonchev–Trinajstić information content (AvgIpc) is 2.90. The normalized spacial score (nSPS) is 10.6. The Morgan fingerprint density at radius 2 is 1.80 bits per heavy atom. The summed E-state index contributed by atoms with van der Waals surface area (Å²) < 4.78 is 14.5. The maximum Gasteiger partial charge on any atom is 0.341 e. The Labute approximate surface area is 241 Å². The number of carbonyl (C=O) groups excluding carboxylic acids is 1. The molecule has 40 heavy (non-hydrogen) atoms. The minimum atomic E-state index is -1.14. The van der Waals surface area contributed by atoms with E-state index in [9.17, 15) is 14.7 Å². The second-order valence-corrected chi connectivity index (χ2v) is 9.93. The molecule has 3 aromatic carbocycles. The van der Waals surface area contributed by atoms with E-state index in [1.807, 2.05) is 13.8 Å². The molecule has 0 saturated heterocycles. The van der Waals surface area contributed by atoms with Crippen molar-refractivity contribution in [2.75, 3.05) is 28.6 Å². The lowest BCUT2D eigenvalue weighted by Gasteiger charge is -2.20. The van der Waals surface area contributed by atoms with Gasteiger partial charge in [0, 0.05) is 58.0 Å². The van der Waals surface area contributed by atoms with Crippen molar-refractivity contribution in [1.29, 1.82) is 5.41 Å². The Morgan fingerprint density at radius 1 is 1.07 bits per heavy atom. The topological polar surface area (TPSA) is 185 Å². The molecule has 9 N–H and O–H groups in total. The smallest absolute Gasteiger partial charge is 0.341 e. The van der Waals surface area contributed by atoms with Crippen LogP contribution in [0.5, 0.6) is 11.5 Å². The molecule has 0 aliphatic rings. The third-order valence-electron chi connectivity index (χ3n) is 5.37. The summed E-state index contributed by atoms with van der Waals surface area (Å²) in [6.07, 6.45) is 0. The van der Waals surface area contributed by atoms with E-state index in [2.05, 4.69) is 15.4 Å². The number of amidine groups is 1. The first-order valence-corrected chi connectivity index (χ1v) is 13.4. The molecule has 0 aromatic heterocycles. The van der Waals surface area contributed by atoms with Gasteiger partial charge in [0.25, 0.3) is 5.91 Å². The van der Waals surface area contributed by atoms with Crippen LogP contribution in [0.1, 0.15) is 35.3 Å². The van der Waals surface area contributed by atoms with Gasteiger partial charge in [-0.05, 0) is 54.4 Å². The van der Waals surface area contributed by atoms with Crippen molar-refractivity contribution in [1.82, 2.24) is 0 Å². The number of ether oxygens (including phenoxy) is 2. The van der Waals surface area contributed by atoms with Gasteiger partial charge in [0.1, 0.15) is 5.84 Å². The number of carbonyl (C=O) groups is 2. The predicted octanol–water partition coefficient (Wildman–Crippen LogP) is 4.92. The first-order valence-electron chi connectivity index (χ1n) is 12.1. The number of nitrogen functional groups attached to an aromatic ring is 1. The fourth-order valence-corrected chi connectivity index (χ4v) is 3.99. The number of benzene rings is 3. The SMILES string of the molecule is CC(C)COc1cc(NSN)cc(CNc2ccc(Cl)cc2C(=O)Nc2ccc(C(=N)N)cc2)c1OCC(=O)O. The van der Waals surface area contributed by atoms with Crippen molar-refractivity contribution in [2.24, 2.45) is 16.8 Å². The molecule has 0 unspecified atom stereocenters. The van der Waals surface area contributed by atoms with Gasteiger partial charge in [-0.25, -0.2) is 4.79 Å². The number of aliphatic carboxylic acids is 1. The molecular weight excluding hydrogens is 556 g/mol. The van der Waals surface area contributed by atoms with Crippen LogP contribution < -0.4 is 35.7 Å². The van der Waals surface area contributed by atoms with Crippen molar-refractivity contribution < 1.29 is 24.2 Å². The summed E-state index contributed by atoms with van der Waals surface area (Å²) in [5.41, 5.74) is 8.48. The maximum atomic E-state index is 13.2. The summed E-state index contributed by atoms with van der Waals surface area (Å²) in [7, 11) is 0. The molecule has 11 nitrogen and oxygen atoms in total.